The van der Waals surface area contributed by atoms with Crippen LogP contribution >= 0.6 is 0 Å². The van der Waals surface area contributed by atoms with Crippen LogP contribution in [-0.4, -0.2) is 54.4 Å². The van der Waals surface area contributed by atoms with E-state index in [0.717, 1.165) is 11.1 Å². The van der Waals surface area contributed by atoms with Crippen LogP contribution in [0.15, 0.2) is 48.7 Å². The van der Waals surface area contributed by atoms with E-state index in [1.165, 1.54) is 0 Å². The van der Waals surface area contributed by atoms with Crippen molar-refractivity contribution >= 4 is 6.09 Å². The number of aromatic nitrogens is 1. The van der Waals surface area contributed by atoms with Gasteiger partial charge in [0.05, 0.1) is 25.9 Å². The summed E-state index contributed by atoms with van der Waals surface area (Å²) in [5, 5.41) is 3.46. The van der Waals surface area contributed by atoms with Crippen molar-refractivity contribution in [3.63, 3.8) is 0 Å². The molecule has 0 aliphatic carbocycles. The van der Waals surface area contributed by atoms with Gasteiger partial charge < -0.3 is 24.4 Å². The fraction of sp³-hybridized carbons (Fsp3) is 0.455. The summed E-state index contributed by atoms with van der Waals surface area (Å²) in [6, 6.07) is 13.6. The van der Waals surface area contributed by atoms with Gasteiger partial charge in [-0.2, -0.15) is 0 Å². The highest BCUT2D eigenvalue weighted by Gasteiger charge is 2.29. The lowest BCUT2D eigenvalue weighted by Gasteiger charge is -2.35. The van der Waals surface area contributed by atoms with E-state index >= 15 is 0 Å². The van der Waals surface area contributed by atoms with Crippen molar-refractivity contribution < 1.29 is 19.0 Å². The number of rotatable bonds is 8. The Bertz CT molecular complexity index is 772. The van der Waals surface area contributed by atoms with Gasteiger partial charge in [-0.3, -0.25) is 0 Å². The van der Waals surface area contributed by atoms with Crippen LogP contribution in [0.2, 0.25) is 0 Å². The van der Waals surface area contributed by atoms with Gasteiger partial charge >= 0.3 is 6.09 Å². The summed E-state index contributed by atoms with van der Waals surface area (Å²) in [5.41, 5.74) is 1.97. The third-order valence-corrected chi connectivity index (χ3v) is 4.86. The minimum absolute atomic E-state index is 0.0504. The molecular weight excluding hydrogens is 370 g/mol. The summed E-state index contributed by atoms with van der Waals surface area (Å²) < 4.78 is 16.9. The lowest BCUT2D eigenvalue weighted by Crippen LogP contribution is -2.52. The summed E-state index contributed by atoms with van der Waals surface area (Å²) in [6.07, 6.45) is 1.31. The maximum Gasteiger partial charge on any atom is 0.410 e. The number of carbonyl (C=O) groups is 1. The Balaban J connectivity index is 1.48. The van der Waals surface area contributed by atoms with Crippen molar-refractivity contribution in [3.05, 3.63) is 59.8 Å². The molecular formula is C22H29N3O4. The van der Waals surface area contributed by atoms with E-state index in [4.69, 9.17) is 14.2 Å². The largest absolute Gasteiger partial charge is 0.478 e. The van der Waals surface area contributed by atoms with E-state index < -0.39 is 0 Å². The molecule has 3 rings (SSSR count). The zero-order valence-corrected chi connectivity index (χ0v) is 17.0. The Labute approximate surface area is 172 Å². The molecule has 29 heavy (non-hydrogen) atoms. The van der Waals surface area contributed by atoms with Crippen molar-refractivity contribution in [2.45, 2.75) is 39.1 Å². The first-order valence-electron chi connectivity index (χ1n) is 10.0. The van der Waals surface area contributed by atoms with E-state index in [-0.39, 0.29) is 24.8 Å². The molecule has 1 saturated heterocycles. The third kappa shape index (κ3) is 6.17. The Morgan fingerprint density at radius 1 is 1.31 bits per heavy atom. The molecule has 1 fully saturated rings. The van der Waals surface area contributed by atoms with Crippen LogP contribution in [-0.2, 0) is 22.6 Å². The molecule has 156 valence electrons. The SMILES string of the molecule is CCOc1ncccc1CN[C@@H](C)[C@H]1CN(C(=O)OCc2ccccc2)CCO1. The number of morpholine rings is 1. The van der Waals surface area contributed by atoms with E-state index in [1.807, 2.05) is 49.4 Å². The van der Waals surface area contributed by atoms with Crippen LogP contribution < -0.4 is 10.1 Å². The van der Waals surface area contributed by atoms with Crippen molar-refractivity contribution in [1.29, 1.82) is 0 Å². The third-order valence-electron chi connectivity index (χ3n) is 4.86. The Morgan fingerprint density at radius 3 is 2.93 bits per heavy atom. The molecule has 0 bridgehead atoms. The number of nitrogens with zero attached hydrogens (tertiary/aromatic N) is 2. The second-order valence-corrected chi connectivity index (χ2v) is 6.97. The molecule has 1 aliphatic rings. The number of benzene rings is 1. The van der Waals surface area contributed by atoms with Gasteiger partial charge in [-0.05, 0) is 25.5 Å². The lowest BCUT2D eigenvalue weighted by atomic mass is 10.1. The number of nitrogens with one attached hydrogen (secondary N) is 1. The molecule has 2 aromatic rings. The molecule has 0 radical (unpaired) electrons. The second kappa shape index (κ2) is 10.8. The Morgan fingerprint density at radius 2 is 2.14 bits per heavy atom. The smallest absolute Gasteiger partial charge is 0.410 e. The van der Waals surface area contributed by atoms with Crippen molar-refractivity contribution in [1.82, 2.24) is 15.2 Å². The van der Waals surface area contributed by atoms with Gasteiger partial charge in [-0.1, -0.05) is 36.4 Å². The number of amides is 1. The van der Waals surface area contributed by atoms with Gasteiger partial charge in [0.15, 0.2) is 0 Å². The first kappa shape index (κ1) is 21.1. The quantitative estimate of drug-likeness (QED) is 0.736. The zero-order chi connectivity index (χ0) is 20.5. The summed E-state index contributed by atoms with van der Waals surface area (Å²) in [5.74, 6) is 0.644. The summed E-state index contributed by atoms with van der Waals surface area (Å²) in [4.78, 5) is 18.4. The Hall–Kier alpha value is -2.64. The first-order valence-corrected chi connectivity index (χ1v) is 10.0. The molecule has 0 spiro atoms. The molecule has 2 heterocycles. The number of hydrogen-bond acceptors (Lipinski definition) is 6. The summed E-state index contributed by atoms with van der Waals surface area (Å²) in [6.45, 7) is 6.98. The fourth-order valence-corrected chi connectivity index (χ4v) is 3.18. The molecule has 2 atom stereocenters. The highest BCUT2D eigenvalue weighted by Crippen LogP contribution is 2.16. The van der Waals surface area contributed by atoms with Crippen LogP contribution in [0.4, 0.5) is 4.79 Å². The van der Waals surface area contributed by atoms with Crippen LogP contribution in [0, 0.1) is 0 Å². The average molecular weight is 399 g/mol. The molecule has 1 aromatic carbocycles. The first-order chi connectivity index (χ1) is 14.2. The zero-order valence-electron chi connectivity index (χ0n) is 17.0. The number of hydrogen-bond donors (Lipinski definition) is 1. The van der Waals surface area contributed by atoms with E-state index in [1.54, 1.807) is 11.1 Å². The highest BCUT2D eigenvalue weighted by molar-refractivity contribution is 5.67. The number of carbonyl (C=O) groups excluding carboxylic acids is 1. The van der Waals surface area contributed by atoms with Crippen LogP contribution in [0.1, 0.15) is 25.0 Å². The normalized spacial score (nSPS) is 17.6. The number of pyridine rings is 1. The monoisotopic (exact) mass is 399 g/mol. The predicted octanol–water partition coefficient (Wildman–Crippen LogP) is 3.00. The van der Waals surface area contributed by atoms with Gasteiger partial charge in [0.25, 0.3) is 0 Å². The van der Waals surface area contributed by atoms with E-state index in [9.17, 15) is 4.79 Å². The number of ether oxygens (including phenoxy) is 3. The standard InChI is InChI=1S/C22H29N3O4/c1-3-27-21-19(10-7-11-23-21)14-24-17(2)20-15-25(12-13-28-20)22(26)29-16-18-8-5-4-6-9-18/h4-11,17,20,24H,3,12-16H2,1-2H3/t17-,20+/m0/s1. The van der Waals surface area contributed by atoms with Crippen molar-refractivity contribution in [2.24, 2.45) is 0 Å². The van der Waals surface area contributed by atoms with Gasteiger partial charge in [-0.25, -0.2) is 9.78 Å². The summed E-state index contributed by atoms with van der Waals surface area (Å²) >= 11 is 0. The fourth-order valence-electron chi connectivity index (χ4n) is 3.18. The van der Waals surface area contributed by atoms with Crippen LogP contribution in [0.3, 0.4) is 0 Å². The Kier molecular flexibility index (Phi) is 7.84. The maximum absolute atomic E-state index is 12.4. The van der Waals surface area contributed by atoms with Crippen LogP contribution in [0.5, 0.6) is 5.88 Å². The minimum atomic E-state index is -0.305. The van der Waals surface area contributed by atoms with Crippen LogP contribution in [0.25, 0.3) is 0 Å². The topological polar surface area (TPSA) is 72.9 Å². The highest BCUT2D eigenvalue weighted by atomic mass is 16.6. The van der Waals surface area contributed by atoms with Gasteiger partial charge in [0.2, 0.25) is 5.88 Å². The van der Waals surface area contributed by atoms with Gasteiger partial charge in [-0.15, -0.1) is 0 Å². The minimum Gasteiger partial charge on any atom is -0.478 e. The van der Waals surface area contributed by atoms with E-state index in [0.29, 0.717) is 38.7 Å². The molecule has 1 aliphatic heterocycles. The average Bonchev–Trinajstić information content (AvgIpc) is 2.77. The predicted molar refractivity (Wildman–Crippen MR) is 110 cm³/mol. The molecule has 7 heteroatoms. The van der Waals surface area contributed by atoms with Crippen molar-refractivity contribution in [2.75, 3.05) is 26.3 Å². The van der Waals surface area contributed by atoms with E-state index in [2.05, 4.69) is 17.2 Å². The maximum atomic E-state index is 12.4. The second-order valence-electron chi connectivity index (χ2n) is 6.97. The molecule has 0 saturated carbocycles. The molecule has 1 N–H and O–H groups in total. The molecule has 1 aromatic heterocycles. The lowest BCUT2D eigenvalue weighted by molar-refractivity contribution is -0.0420. The van der Waals surface area contributed by atoms with Gasteiger partial charge in [0, 0.05) is 30.9 Å². The molecule has 1 amide bonds. The van der Waals surface area contributed by atoms with Gasteiger partial charge in [0.1, 0.15) is 6.61 Å². The molecule has 7 nitrogen and oxygen atoms in total. The van der Waals surface area contributed by atoms with Crippen molar-refractivity contribution in [3.8, 4) is 5.88 Å². The molecule has 0 unspecified atom stereocenters. The summed E-state index contributed by atoms with van der Waals surface area (Å²) in [7, 11) is 0.